The van der Waals surface area contributed by atoms with Crippen molar-refractivity contribution in [1.29, 1.82) is 0 Å². The third kappa shape index (κ3) is 4.27. The van der Waals surface area contributed by atoms with E-state index in [1.807, 2.05) is 0 Å². The number of pyridine rings is 1. The van der Waals surface area contributed by atoms with Crippen molar-refractivity contribution in [3.05, 3.63) is 59.2 Å². The minimum absolute atomic E-state index is 0.0381. The molecule has 0 spiro atoms. The SMILES string of the molecule is O=C(OCCS(=O)(=O)c1ccccn1)c1cccc(Cl)c1. The molecule has 2 rings (SSSR count). The van der Waals surface area contributed by atoms with E-state index in [9.17, 15) is 13.2 Å². The van der Waals surface area contributed by atoms with Gasteiger partial charge in [0.1, 0.15) is 6.61 Å². The fourth-order valence-electron chi connectivity index (χ4n) is 1.58. The number of rotatable bonds is 5. The van der Waals surface area contributed by atoms with Crippen LogP contribution in [0.2, 0.25) is 5.02 Å². The van der Waals surface area contributed by atoms with E-state index < -0.39 is 15.8 Å². The van der Waals surface area contributed by atoms with Crippen LogP contribution in [0.3, 0.4) is 0 Å². The van der Waals surface area contributed by atoms with E-state index in [4.69, 9.17) is 16.3 Å². The second-order valence-corrected chi connectivity index (χ2v) is 6.63. The van der Waals surface area contributed by atoms with E-state index in [2.05, 4.69) is 4.98 Å². The van der Waals surface area contributed by atoms with Crippen LogP contribution in [0.5, 0.6) is 0 Å². The first-order chi connectivity index (χ1) is 9.99. The number of hydrogen-bond donors (Lipinski definition) is 0. The second-order valence-electron chi connectivity index (χ2n) is 4.13. The summed E-state index contributed by atoms with van der Waals surface area (Å²) in [6.07, 6.45) is 1.39. The molecule has 21 heavy (non-hydrogen) atoms. The van der Waals surface area contributed by atoms with E-state index in [1.54, 1.807) is 30.3 Å². The average Bonchev–Trinajstić information content (AvgIpc) is 2.48. The number of aromatic nitrogens is 1. The number of hydrogen-bond acceptors (Lipinski definition) is 5. The van der Waals surface area contributed by atoms with E-state index in [1.165, 1.54) is 18.3 Å². The number of sulfone groups is 1. The van der Waals surface area contributed by atoms with Gasteiger partial charge in [-0.1, -0.05) is 23.7 Å². The third-order valence-electron chi connectivity index (χ3n) is 2.60. The zero-order chi connectivity index (χ0) is 15.3. The van der Waals surface area contributed by atoms with Crippen molar-refractivity contribution in [1.82, 2.24) is 4.98 Å². The molecule has 1 aromatic heterocycles. The molecule has 0 radical (unpaired) electrons. The first-order valence-corrected chi connectivity index (χ1v) is 8.08. The summed E-state index contributed by atoms with van der Waals surface area (Å²) in [5.41, 5.74) is 0.276. The standard InChI is InChI=1S/C14H12ClNO4S/c15-12-5-3-4-11(10-12)14(17)20-8-9-21(18,19)13-6-1-2-7-16-13/h1-7,10H,8-9H2. The van der Waals surface area contributed by atoms with Crippen LogP contribution in [0, 0.1) is 0 Å². The third-order valence-corrected chi connectivity index (χ3v) is 4.42. The van der Waals surface area contributed by atoms with E-state index >= 15 is 0 Å². The Morgan fingerprint density at radius 3 is 2.67 bits per heavy atom. The van der Waals surface area contributed by atoms with Gasteiger partial charge in [0.15, 0.2) is 14.9 Å². The van der Waals surface area contributed by atoms with Crippen LogP contribution in [0.1, 0.15) is 10.4 Å². The zero-order valence-corrected chi connectivity index (χ0v) is 12.5. The maximum absolute atomic E-state index is 11.9. The Morgan fingerprint density at radius 1 is 1.19 bits per heavy atom. The molecule has 1 heterocycles. The van der Waals surface area contributed by atoms with Crippen LogP contribution < -0.4 is 0 Å². The molecule has 0 aliphatic heterocycles. The van der Waals surface area contributed by atoms with Crippen molar-refractivity contribution in [2.75, 3.05) is 12.4 Å². The van der Waals surface area contributed by atoms with E-state index in [0.29, 0.717) is 5.02 Å². The van der Waals surface area contributed by atoms with Crippen molar-refractivity contribution in [3.63, 3.8) is 0 Å². The average molecular weight is 326 g/mol. The van der Waals surface area contributed by atoms with E-state index in [0.717, 1.165) is 0 Å². The van der Waals surface area contributed by atoms with E-state index in [-0.39, 0.29) is 22.9 Å². The number of carbonyl (C=O) groups is 1. The van der Waals surface area contributed by atoms with Gasteiger partial charge in [0.05, 0.1) is 11.3 Å². The second kappa shape index (κ2) is 6.69. The van der Waals surface area contributed by atoms with Gasteiger partial charge in [-0.25, -0.2) is 18.2 Å². The summed E-state index contributed by atoms with van der Waals surface area (Å²) in [6.45, 7) is -0.246. The normalized spacial score (nSPS) is 11.1. The Morgan fingerprint density at radius 2 is 2.00 bits per heavy atom. The van der Waals surface area contributed by atoms with Gasteiger partial charge >= 0.3 is 5.97 Å². The smallest absolute Gasteiger partial charge is 0.338 e. The van der Waals surface area contributed by atoms with Gasteiger partial charge in [-0.3, -0.25) is 0 Å². The molecule has 2 aromatic rings. The number of nitrogens with zero attached hydrogens (tertiary/aromatic N) is 1. The Labute approximate surface area is 127 Å². The first-order valence-electron chi connectivity index (χ1n) is 6.05. The summed E-state index contributed by atoms with van der Waals surface area (Å²) in [6, 6.07) is 10.8. The lowest BCUT2D eigenvalue weighted by molar-refractivity contribution is 0.0529. The summed E-state index contributed by atoms with van der Waals surface area (Å²) in [5.74, 6) is -0.940. The van der Waals surface area contributed by atoms with Gasteiger partial charge in [-0.2, -0.15) is 0 Å². The maximum Gasteiger partial charge on any atom is 0.338 e. The fraction of sp³-hybridized carbons (Fsp3) is 0.143. The number of esters is 1. The molecule has 7 heteroatoms. The zero-order valence-electron chi connectivity index (χ0n) is 10.9. The monoisotopic (exact) mass is 325 g/mol. The molecule has 0 unspecified atom stereocenters. The molecular formula is C14H12ClNO4S. The molecule has 0 saturated carbocycles. The molecule has 0 bridgehead atoms. The minimum Gasteiger partial charge on any atom is -0.461 e. The maximum atomic E-state index is 11.9. The Kier molecular flexibility index (Phi) is 4.93. The molecule has 0 aliphatic carbocycles. The largest absolute Gasteiger partial charge is 0.461 e. The minimum atomic E-state index is -3.56. The van der Waals surface area contributed by atoms with Crippen molar-refractivity contribution < 1.29 is 17.9 Å². The highest BCUT2D eigenvalue weighted by Crippen LogP contribution is 2.12. The molecule has 0 saturated heterocycles. The van der Waals surface area contributed by atoms with Crippen molar-refractivity contribution >= 4 is 27.4 Å². The molecule has 1 aromatic carbocycles. The highest BCUT2D eigenvalue weighted by Gasteiger charge is 2.17. The topological polar surface area (TPSA) is 73.3 Å². The lowest BCUT2D eigenvalue weighted by atomic mass is 10.2. The number of halogens is 1. The van der Waals surface area contributed by atoms with Gasteiger partial charge in [0.25, 0.3) is 0 Å². The van der Waals surface area contributed by atoms with Crippen LogP contribution in [0.15, 0.2) is 53.7 Å². The molecule has 5 nitrogen and oxygen atoms in total. The summed E-state index contributed by atoms with van der Waals surface area (Å²) in [7, 11) is -3.56. The summed E-state index contributed by atoms with van der Waals surface area (Å²) < 4.78 is 28.8. The Bertz CT molecular complexity index is 732. The van der Waals surface area contributed by atoms with Gasteiger partial charge in [0.2, 0.25) is 0 Å². The molecule has 0 amide bonds. The highest BCUT2D eigenvalue weighted by atomic mass is 35.5. The molecule has 0 N–H and O–H groups in total. The van der Waals surface area contributed by atoms with Crippen LogP contribution in [-0.2, 0) is 14.6 Å². The predicted molar refractivity (Wildman–Crippen MR) is 78.0 cm³/mol. The summed E-state index contributed by atoms with van der Waals surface area (Å²) in [5, 5.41) is 0.370. The van der Waals surface area contributed by atoms with Gasteiger partial charge in [-0.05, 0) is 30.3 Å². The van der Waals surface area contributed by atoms with Crippen LogP contribution in [-0.4, -0.2) is 31.7 Å². The molecule has 0 aliphatic rings. The molecular weight excluding hydrogens is 314 g/mol. The number of ether oxygens (including phenoxy) is 1. The van der Waals surface area contributed by atoms with Gasteiger partial charge < -0.3 is 4.74 Å². The van der Waals surface area contributed by atoms with Crippen molar-refractivity contribution in [2.24, 2.45) is 0 Å². The molecule has 0 atom stereocenters. The molecule has 110 valence electrons. The quantitative estimate of drug-likeness (QED) is 0.789. The fourth-order valence-corrected chi connectivity index (χ4v) is 2.79. The lowest BCUT2D eigenvalue weighted by Gasteiger charge is -2.06. The van der Waals surface area contributed by atoms with Gasteiger partial charge in [-0.15, -0.1) is 0 Å². The summed E-state index contributed by atoms with van der Waals surface area (Å²) >= 11 is 5.76. The van der Waals surface area contributed by atoms with Crippen molar-refractivity contribution in [3.8, 4) is 0 Å². The van der Waals surface area contributed by atoms with Crippen LogP contribution >= 0.6 is 11.6 Å². The van der Waals surface area contributed by atoms with Crippen LogP contribution in [0.25, 0.3) is 0 Å². The summed E-state index contributed by atoms with van der Waals surface area (Å²) in [4.78, 5) is 15.5. The predicted octanol–water partition coefficient (Wildman–Crippen LogP) is 2.37. The Hall–Kier alpha value is -1.92. The van der Waals surface area contributed by atoms with Crippen molar-refractivity contribution in [2.45, 2.75) is 5.03 Å². The molecule has 0 fully saturated rings. The number of benzene rings is 1. The highest BCUT2D eigenvalue weighted by molar-refractivity contribution is 7.91. The number of carbonyl (C=O) groups excluding carboxylic acids is 1. The Balaban J connectivity index is 1.94. The van der Waals surface area contributed by atoms with Gasteiger partial charge in [0, 0.05) is 11.2 Å². The first kappa shape index (κ1) is 15.5. The van der Waals surface area contributed by atoms with Crippen LogP contribution in [0.4, 0.5) is 0 Å². The lowest BCUT2D eigenvalue weighted by Crippen LogP contribution is -2.16.